The van der Waals surface area contributed by atoms with E-state index in [1.165, 1.54) is 0 Å². The van der Waals surface area contributed by atoms with Crippen molar-refractivity contribution in [2.75, 3.05) is 6.54 Å². The Hall–Kier alpha value is -0.860. The fraction of sp³-hybridized carbons (Fsp3) is 0.800. The summed E-state index contributed by atoms with van der Waals surface area (Å²) in [6.07, 6.45) is 3.74. The van der Waals surface area contributed by atoms with Crippen LogP contribution in [0.1, 0.15) is 33.1 Å². The fourth-order valence-corrected chi connectivity index (χ4v) is 1.77. The predicted molar refractivity (Wildman–Crippen MR) is 50.3 cm³/mol. The van der Waals surface area contributed by atoms with Crippen LogP contribution in [-0.4, -0.2) is 29.7 Å². The maximum absolute atomic E-state index is 11.7. The van der Waals surface area contributed by atoms with Gasteiger partial charge in [0.1, 0.15) is 0 Å². The lowest BCUT2D eigenvalue weighted by atomic mass is 9.93. The van der Waals surface area contributed by atoms with Gasteiger partial charge in [0.05, 0.1) is 6.04 Å². The minimum atomic E-state index is -0.147. The molecule has 1 heterocycles. The number of carbonyl (C=O) groups excluding carboxylic acids is 2. The maximum Gasteiger partial charge on any atom is 0.210 e. The predicted octanol–water partition coefficient (Wildman–Crippen LogP) is 1.22. The highest BCUT2D eigenvalue weighted by Gasteiger charge is 2.28. The third-order valence-electron chi connectivity index (χ3n) is 2.58. The Kier molecular flexibility index (Phi) is 3.46. The quantitative estimate of drug-likeness (QED) is 0.617. The molecule has 3 nitrogen and oxygen atoms in total. The number of Topliss-reactive ketones (excluding diaryl/α,β-unsaturated/α-hetero) is 1. The van der Waals surface area contributed by atoms with Gasteiger partial charge in [-0.25, -0.2) is 0 Å². The van der Waals surface area contributed by atoms with Crippen molar-refractivity contribution in [1.29, 1.82) is 0 Å². The van der Waals surface area contributed by atoms with Crippen LogP contribution in [0.15, 0.2) is 0 Å². The summed E-state index contributed by atoms with van der Waals surface area (Å²) in [7, 11) is 0. The van der Waals surface area contributed by atoms with Gasteiger partial charge in [0, 0.05) is 12.5 Å². The second-order valence-corrected chi connectivity index (χ2v) is 3.91. The highest BCUT2D eigenvalue weighted by Crippen LogP contribution is 2.18. The van der Waals surface area contributed by atoms with Crippen LogP contribution in [0.3, 0.4) is 0 Å². The van der Waals surface area contributed by atoms with Crippen LogP contribution in [0.2, 0.25) is 0 Å². The van der Waals surface area contributed by atoms with E-state index < -0.39 is 0 Å². The highest BCUT2D eigenvalue weighted by atomic mass is 16.1. The zero-order valence-electron chi connectivity index (χ0n) is 8.32. The lowest BCUT2D eigenvalue weighted by Crippen LogP contribution is -2.45. The zero-order valence-corrected chi connectivity index (χ0v) is 8.32. The molecule has 3 heteroatoms. The summed E-state index contributed by atoms with van der Waals surface area (Å²) >= 11 is 0. The Balaban J connectivity index is 2.63. The molecule has 1 amide bonds. The first-order chi connectivity index (χ1) is 6.16. The number of hydrogen-bond donors (Lipinski definition) is 0. The molecule has 0 N–H and O–H groups in total. The molecule has 1 aliphatic rings. The van der Waals surface area contributed by atoms with E-state index in [1.54, 1.807) is 4.90 Å². The van der Waals surface area contributed by atoms with Crippen molar-refractivity contribution in [3.8, 4) is 0 Å². The average molecular weight is 183 g/mol. The van der Waals surface area contributed by atoms with Gasteiger partial charge in [-0.1, -0.05) is 13.8 Å². The average Bonchev–Trinajstić information content (AvgIpc) is 2.16. The number of piperidine rings is 1. The number of ketones is 1. The van der Waals surface area contributed by atoms with Crippen molar-refractivity contribution in [3.05, 3.63) is 0 Å². The number of carbonyl (C=O) groups is 2. The van der Waals surface area contributed by atoms with Crippen LogP contribution in [0, 0.1) is 5.92 Å². The first kappa shape index (κ1) is 10.2. The van der Waals surface area contributed by atoms with Crippen LogP contribution < -0.4 is 0 Å². The van der Waals surface area contributed by atoms with E-state index >= 15 is 0 Å². The van der Waals surface area contributed by atoms with Gasteiger partial charge >= 0.3 is 0 Å². The summed E-state index contributed by atoms with van der Waals surface area (Å²) in [6, 6.07) is -0.147. The van der Waals surface area contributed by atoms with Crippen molar-refractivity contribution >= 4 is 12.2 Å². The van der Waals surface area contributed by atoms with Crippen LogP contribution in [-0.2, 0) is 9.59 Å². The van der Waals surface area contributed by atoms with Crippen LogP contribution >= 0.6 is 0 Å². The van der Waals surface area contributed by atoms with Gasteiger partial charge < -0.3 is 4.90 Å². The van der Waals surface area contributed by atoms with Gasteiger partial charge in [-0.15, -0.1) is 0 Å². The molecular formula is C10H17NO2. The topological polar surface area (TPSA) is 37.4 Å². The molecule has 0 aromatic heterocycles. The summed E-state index contributed by atoms with van der Waals surface area (Å²) in [5, 5.41) is 0. The van der Waals surface area contributed by atoms with E-state index in [0.29, 0.717) is 0 Å². The minimum absolute atomic E-state index is 0.0329. The van der Waals surface area contributed by atoms with Crippen molar-refractivity contribution in [1.82, 2.24) is 4.90 Å². The molecule has 0 aromatic carbocycles. The van der Waals surface area contributed by atoms with Crippen molar-refractivity contribution in [2.24, 2.45) is 5.92 Å². The lowest BCUT2D eigenvalue weighted by molar-refractivity contribution is -0.135. The Morgan fingerprint density at radius 1 is 1.46 bits per heavy atom. The maximum atomic E-state index is 11.7. The molecule has 74 valence electrons. The number of hydrogen-bond acceptors (Lipinski definition) is 2. The second kappa shape index (κ2) is 4.40. The first-order valence-corrected chi connectivity index (χ1v) is 4.91. The van der Waals surface area contributed by atoms with Gasteiger partial charge in [-0.3, -0.25) is 9.59 Å². The van der Waals surface area contributed by atoms with Crippen molar-refractivity contribution < 1.29 is 9.59 Å². The van der Waals surface area contributed by atoms with E-state index in [0.717, 1.165) is 32.2 Å². The molecule has 0 spiro atoms. The standard InChI is InChI=1S/C10H17NO2/c1-8(2)10(13)9-5-3-4-6-11(9)7-12/h7-9H,3-6H2,1-2H3. The number of rotatable bonds is 3. The van der Waals surface area contributed by atoms with Crippen LogP contribution in [0.25, 0.3) is 0 Å². The minimum Gasteiger partial charge on any atom is -0.335 e. The third kappa shape index (κ3) is 2.29. The molecule has 13 heavy (non-hydrogen) atoms. The van der Waals surface area contributed by atoms with Crippen LogP contribution in [0.4, 0.5) is 0 Å². The molecule has 0 aromatic rings. The van der Waals surface area contributed by atoms with Gasteiger partial charge in [-0.2, -0.15) is 0 Å². The zero-order chi connectivity index (χ0) is 9.84. The summed E-state index contributed by atoms with van der Waals surface area (Å²) in [6.45, 7) is 4.52. The molecule has 1 fully saturated rings. The molecule has 1 aliphatic heterocycles. The molecule has 1 rings (SSSR count). The first-order valence-electron chi connectivity index (χ1n) is 4.91. The fourth-order valence-electron chi connectivity index (χ4n) is 1.77. The summed E-state index contributed by atoms with van der Waals surface area (Å²) in [5.74, 6) is 0.234. The molecule has 0 aliphatic carbocycles. The van der Waals surface area contributed by atoms with Gasteiger partial charge in [0.2, 0.25) is 6.41 Å². The van der Waals surface area contributed by atoms with Gasteiger partial charge in [0.25, 0.3) is 0 Å². The van der Waals surface area contributed by atoms with E-state index in [2.05, 4.69) is 0 Å². The molecular weight excluding hydrogens is 166 g/mol. The lowest BCUT2D eigenvalue weighted by Gasteiger charge is -2.32. The Morgan fingerprint density at radius 3 is 2.69 bits per heavy atom. The monoisotopic (exact) mass is 183 g/mol. The van der Waals surface area contributed by atoms with E-state index in [-0.39, 0.29) is 17.7 Å². The Morgan fingerprint density at radius 2 is 2.15 bits per heavy atom. The SMILES string of the molecule is CC(C)C(=O)C1CCCCN1C=O. The third-order valence-corrected chi connectivity index (χ3v) is 2.58. The molecule has 0 bridgehead atoms. The molecule has 1 atom stereocenters. The normalized spacial score (nSPS) is 23.3. The number of likely N-dealkylation sites (tertiary alicyclic amines) is 1. The van der Waals surface area contributed by atoms with E-state index in [9.17, 15) is 9.59 Å². The largest absolute Gasteiger partial charge is 0.335 e. The number of nitrogens with zero attached hydrogens (tertiary/aromatic N) is 1. The highest BCUT2D eigenvalue weighted by molar-refractivity contribution is 5.87. The number of amides is 1. The summed E-state index contributed by atoms with van der Waals surface area (Å²) < 4.78 is 0. The van der Waals surface area contributed by atoms with E-state index in [4.69, 9.17) is 0 Å². The molecule has 0 radical (unpaired) electrons. The summed E-state index contributed by atoms with van der Waals surface area (Å²) in [4.78, 5) is 24.0. The van der Waals surface area contributed by atoms with E-state index in [1.807, 2.05) is 13.8 Å². The molecule has 1 saturated heterocycles. The van der Waals surface area contributed by atoms with Gasteiger partial charge in [0.15, 0.2) is 5.78 Å². The summed E-state index contributed by atoms with van der Waals surface area (Å²) in [5.41, 5.74) is 0. The van der Waals surface area contributed by atoms with Crippen molar-refractivity contribution in [2.45, 2.75) is 39.2 Å². The van der Waals surface area contributed by atoms with Crippen LogP contribution in [0.5, 0.6) is 0 Å². The Bertz CT molecular complexity index is 201. The smallest absolute Gasteiger partial charge is 0.210 e. The molecule has 1 unspecified atom stereocenters. The molecule has 0 saturated carbocycles. The Labute approximate surface area is 79.1 Å². The second-order valence-electron chi connectivity index (χ2n) is 3.91. The van der Waals surface area contributed by atoms with Gasteiger partial charge in [-0.05, 0) is 19.3 Å². The van der Waals surface area contributed by atoms with Crippen molar-refractivity contribution in [3.63, 3.8) is 0 Å².